The number of carbonyl (C=O) groups excluding carboxylic acids is 3. The lowest BCUT2D eigenvalue weighted by Gasteiger charge is -2.31. The van der Waals surface area contributed by atoms with Gasteiger partial charge in [-0.25, -0.2) is 0 Å². The van der Waals surface area contributed by atoms with Crippen LogP contribution >= 0.6 is 12.6 Å². The topological polar surface area (TPSA) is 91.4 Å². The number of pyridine rings is 1. The highest BCUT2D eigenvalue weighted by Gasteiger charge is 2.44. The van der Waals surface area contributed by atoms with Crippen LogP contribution in [0.2, 0.25) is 0 Å². The van der Waals surface area contributed by atoms with Crippen molar-refractivity contribution in [2.45, 2.75) is 50.4 Å². The molecule has 1 saturated heterocycles. The summed E-state index contributed by atoms with van der Waals surface area (Å²) in [5, 5.41) is 5.07. The van der Waals surface area contributed by atoms with E-state index < -0.39 is 17.3 Å². The number of benzene rings is 1. The summed E-state index contributed by atoms with van der Waals surface area (Å²) in [7, 11) is 1.54. The van der Waals surface area contributed by atoms with Crippen LogP contribution in [-0.2, 0) is 27.2 Å². The van der Waals surface area contributed by atoms with Gasteiger partial charge in [0, 0.05) is 32.4 Å². The molecule has 3 amide bonds. The maximum absolute atomic E-state index is 13.6. The molecule has 182 valence electrons. The van der Waals surface area contributed by atoms with Crippen LogP contribution in [0.3, 0.4) is 0 Å². The van der Waals surface area contributed by atoms with E-state index in [1.165, 1.54) is 0 Å². The van der Waals surface area contributed by atoms with Crippen molar-refractivity contribution in [2.24, 2.45) is 11.8 Å². The monoisotopic (exact) mass is 482 g/mol. The Morgan fingerprint density at radius 1 is 1.12 bits per heavy atom. The van der Waals surface area contributed by atoms with Crippen molar-refractivity contribution >= 4 is 30.4 Å². The van der Waals surface area contributed by atoms with Gasteiger partial charge in [0.25, 0.3) is 0 Å². The van der Waals surface area contributed by atoms with Gasteiger partial charge < -0.3 is 15.5 Å². The van der Waals surface area contributed by atoms with Crippen LogP contribution in [0.1, 0.15) is 31.4 Å². The molecule has 0 radical (unpaired) electrons. The first-order valence-electron chi connectivity index (χ1n) is 11.7. The Hall–Kier alpha value is -2.87. The highest BCUT2D eigenvalue weighted by Crippen LogP contribution is 2.30. The summed E-state index contributed by atoms with van der Waals surface area (Å²) in [6.45, 7) is 4.38. The van der Waals surface area contributed by atoms with Gasteiger partial charge in [0.1, 0.15) is 12.1 Å². The molecule has 7 nitrogen and oxygen atoms in total. The van der Waals surface area contributed by atoms with Crippen LogP contribution in [0.15, 0.2) is 54.9 Å². The van der Waals surface area contributed by atoms with E-state index in [-0.39, 0.29) is 29.6 Å². The minimum Gasteiger partial charge on any atom is -0.357 e. The molecule has 0 bridgehead atoms. The Morgan fingerprint density at radius 3 is 2.44 bits per heavy atom. The number of likely N-dealkylation sites (tertiary alicyclic amines) is 1. The van der Waals surface area contributed by atoms with E-state index in [1.807, 2.05) is 50.2 Å². The van der Waals surface area contributed by atoms with E-state index in [0.29, 0.717) is 25.8 Å². The lowest BCUT2D eigenvalue weighted by Crippen LogP contribution is -2.56. The van der Waals surface area contributed by atoms with Gasteiger partial charge in [-0.3, -0.25) is 19.4 Å². The molecule has 0 saturated carbocycles. The Kier molecular flexibility index (Phi) is 9.10. The molecule has 1 aromatic heterocycles. The average Bonchev–Trinajstić information content (AvgIpc) is 3.26. The van der Waals surface area contributed by atoms with Crippen LogP contribution in [0, 0.1) is 11.8 Å². The molecule has 0 aliphatic carbocycles. The highest BCUT2D eigenvalue weighted by atomic mass is 32.1. The van der Waals surface area contributed by atoms with Crippen LogP contribution in [0.4, 0.5) is 0 Å². The molecule has 8 heteroatoms. The van der Waals surface area contributed by atoms with Gasteiger partial charge >= 0.3 is 0 Å². The van der Waals surface area contributed by atoms with Gasteiger partial charge in [0.2, 0.25) is 17.7 Å². The minimum atomic E-state index is -0.770. The van der Waals surface area contributed by atoms with Gasteiger partial charge in [0.05, 0.1) is 5.25 Å². The lowest BCUT2D eigenvalue weighted by molar-refractivity contribution is -0.140. The SMILES string of the molecule is CNC(=O)[C@H](Cc1cccnc1)NC(=O)[C@@H]1[C@H](Cc2ccccc2)CCN1C(=O)[C@@H](S)C(C)C. The molecule has 0 unspecified atom stereocenters. The quantitative estimate of drug-likeness (QED) is 0.478. The predicted molar refractivity (Wildman–Crippen MR) is 135 cm³/mol. The van der Waals surface area contributed by atoms with E-state index >= 15 is 0 Å². The fourth-order valence-corrected chi connectivity index (χ4v) is 4.59. The Morgan fingerprint density at radius 2 is 1.82 bits per heavy atom. The number of carbonyl (C=O) groups is 3. The summed E-state index contributed by atoms with van der Waals surface area (Å²) in [5.74, 6) is -0.756. The number of nitrogens with one attached hydrogen (secondary N) is 2. The first kappa shape index (κ1) is 25.7. The van der Waals surface area contributed by atoms with E-state index in [0.717, 1.165) is 11.1 Å². The number of nitrogens with zero attached hydrogens (tertiary/aromatic N) is 2. The zero-order chi connectivity index (χ0) is 24.7. The molecule has 4 atom stereocenters. The van der Waals surface area contributed by atoms with Crippen molar-refractivity contribution in [3.05, 3.63) is 66.0 Å². The Bertz CT molecular complexity index is 971. The summed E-state index contributed by atoms with van der Waals surface area (Å²) in [6.07, 6.45) is 5.04. The summed E-state index contributed by atoms with van der Waals surface area (Å²) in [6, 6.07) is 12.2. The van der Waals surface area contributed by atoms with Gasteiger partial charge in [-0.2, -0.15) is 12.6 Å². The van der Waals surface area contributed by atoms with E-state index in [1.54, 1.807) is 30.4 Å². The number of hydrogen-bond donors (Lipinski definition) is 3. The highest BCUT2D eigenvalue weighted by molar-refractivity contribution is 7.81. The number of likely N-dealkylation sites (N-methyl/N-ethyl adjacent to an activating group) is 1. The standard InChI is InChI=1S/C26H34N4O3S/c1-17(2)23(34)26(33)30-13-11-20(14-18-8-5-4-6-9-18)22(30)25(32)29-21(24(31)27-3)15-19-10-7-12-28-16-19/h4-10,12,16-17,20-23,34H,11,13-15H2,1-3H3,(H,27,31)(H,29,32)/t20-,21-,22-,23-/m0/s1. The van der Waals surface area contributed by atoms with E-state index in [9.17, 15) is 14.4 Å². The van der Waals surface area contributed by atoms with Crippen molar-refractivity contribution in [3.63, 3.8) is 0 Å². The Balaban J connectivity index is 1.85. The van der Waals surface area contributed by atoms with Gasteiger partial charge in [0.15, 0.2) is 0 Å². The molecule has 1 fully saturated rings. The molecule has 1 aromatic carbocycles. The van der Waals surface area contributed by atoms with Crippen molar-refractivity contribution in [1.29, 1.82) is 0 Å². The molecule has 34 heavy (non-hydrogen) atoms. The van der Waals surface area contributed by atoms with Crippen molar-refractivity contribution in [2.75, 3.05) is 13.6 Å². The zero-order valence-corrected chi connectivity index (χ0v) is 20.9. The first-order valence-corrected chi connectivity index (χ1v) is 12.3. The number of amides is 3. The molecule has 2 aromatic rings. The summed E-state index contributed by atoms with van der Waals surface area (Å²) >= 11 is 4.52. The third-order valence-corrected chi connectivity index (χ3v) is 7.16. The van der Waals surface area contributed by atoms with Crippen LogP contribution < -0.4 is 10.6 Å². The summed E-state index contributed by atoms with van der Waals surface area (Å²) < 4.78 is 0. The maximum atomic E-state index is 13.6. The van der Waals surface area contributed by atoms with Crippen molar-refractivity contribution in [3.8, 4) is 0 Å². The minimum absolute atomic E-state index is 0.0388. The van der Waals surface area contributed by atoms with Crippen molar-refractivity contribution < 1.29 is 14.4 Å². The molecule has 3 rings (SSSR count). The third kappa shape index (κ3) is 6.38. The van der Waals surface area contributed by atoms with Gasteiger partial charge in [-0.05, 0) is 41.9 Å². The largest absolute Gasteiger partial charge is 0.357 e. The second-order valence-electron chi connectivity index (χ2n) is 9.14. The fourth-order valence-electron chi connectivity index (χ4n) is 4.44. The van der Waals surface area contributed by atoms with Crippen LogP contribution in [-0.4, -0.2) is 58.5 Å². The molecule has 1 aliphatic rings. The Labute approximate surface area is 207 Å². The molecule has 1 aliphatic heterocycles. The van der Waals surface area contributed by atoms with Crippen molar-refractivity contribution in [1.82, 2.24) is 20.5 Å². The molecular formula is C26H34N4O3S. The molecule has 0 spiro atoms. The summed E-state index contributed by atoms with van der Waals surface area (Å²) in [4.78, 5) is 45.3. The van der Waals surface area contributed by atoms with Crippen LogP contribution in [0.5, 0.6) is 0 Å². The number of thiol groups is 1. The van der Waals surface area contributed by atoms with Gasteiger partial charge in [-0.15, -0.1) is 0 Å². The smallest absolute Gasteiger partial charge is 0.243 e. The van der Waals surface area contributed by atoms with E-state index in [4.69, 9.17) is 0 Å². The van der Waals surface area contributed by atoms with Crippen LogP contribution in [0.25, 0.3) is 0 Å². The molecule has 2 heterocycles. The predicted octanol–water partition coefficient (Wildman–Crippen LogP) is 2.27. The normalized spacial score (nSPS) is 19.5. The fraction of sp³-hybridized carbons (Fsp3) is 0.462. The summed E-state index contributed by atoms with van der Waals surface area (Å²) in [5.41, 5.74) is 1.95. The number of hydrogen-bond acceptors (Lipinski definition) is 5. The average molecular weight is 483 g/mol. The second-order valence-corrected chi connectivity index (χ2v) is 9.70. The van der Waals surface area contributed by atoms with Gasteiger partial charge in [-0.1, -0.05) is 50.2 Å². The first-order chi connectivity index (χ1) is 16.3. The second kappa shape index (κ2) is 12.0. The lowest BCUT2D eigenvalue weighted by atomic mass is 9.91. The van der Waals surface area contributed by atoms with E-state index in [2.05, 4.69) is 28.2 Å². The third-order valence-electron chi connectivity index (χ3n) is 6.34. The maximum Gasteiger partial charge on any atom is 0.243 e. The molecular weight excluding hydrogens is 448 g/mol. The zero-order valence-electron chi connectivity index (χ0n) is 20.0. The molecule has 2 N–H and O–H groups in total. The number of rotatable bonds is 9. The number of aromatic nitrogens is 1.